The van der Waals surface area contributed by atoms with Gasteiger partial charge in [0.2, 0.25) is 0 Å². The molecule has 2 unspecified atom stereocenters. The van der Waals surface area contributed by atoms with Crippen LogP contribution in [0, 0.1) is 0 Å². The van der Waals surface area contributed by atoms with Gasteiger partial charge >= 0.3 is 0 Å². The van der Waals surface area contributed by atoms with E-state index in [0.717, 1.165) is 0 Å². The van der Waals surface area contributed by atoms with E-state index in [9.17, 15) is 0 Å². The van der Waals surface area contributed by atoms with Gasteiger partial charge in [-0.2, -0.15) is 0 Å². The fourth-order valence-corrected chi connectivity index (χ4v) is 0.714. The highest BCUT2D eigenvalue weighted by atomic mass is 16.6. The first kappa shape index (κ1) is 6.01. The smallest absolute Gasteiger partial charge is 0.197 e. The van der Waals surface area contributed by atoms with Gasteiger partial charge in [0.05, 0.1) is 0 Å². The largest absolute Gasteiger partial charge is 0.384 e. The van der Waals surface area contributed by atoms with Crippen molar-refractivity contribution in [2.24, 2.45) is 0 Å². The first-order valence-electron chi connectivity index (χ1n) is 2.52. The third-order valence-electron chi connectivity index (χ3n) is 1.64. The highest BCUT2D eigenvalue weighted by molar-refractivity contribution is 5.08. The van der Waals surface area contributed by atoms with Crippen LogP contribution in [0.25, 0.3) is 0 Å². The Morgan fingerprint density at radius 2 is 1.88 bits per heavy atom. The Kier molecular flexibility index (Phi) is 0.927. The monoisotopic (exact) mass is 118 g/mol. The summed E-state index contributed by atoms with van der Waals surface area (Å²) in [6, 6.07) is 0. The molecular formula is C5H10O3. The number of aliphatic hydroxyl groups is 2. The van der Waals surface area contributed by atoms with Crippen LogP contribution in [-0.2, 0) is 4.74 Å². The van der Waals surface area contributed by atoms with E-state index in [1.165, 1.54) is 14.0 Å². The Balaban J connectivity index is 2.55. The molecule has 0 aliphatic heterocycles. The number of ether oxygens (including phenoxy) is 1. The van der Waals surface area contributed by atoms with Crippen LogP contribution in [0.2, 0.25) is 0 Å². The molecule has 1 saturated carbocycles. The second-order valence-electron chi connectivity index (χ2n) is 2.44. The molecule has 48 valence electrons. The second-order valence-corrected chi connectivity index (χ2v) is 2.44. The van der Waals surface area contributed by atoms with Gasteiger partial charge in [-0.15, -0.1) is 0 Å². The molecule has 0 heterocycles. The van der Waals surface area contributed by atoms with Crippen molar-refractivity contribution < 1.29 is 14.9 Å². The molecule has 1 aliphatic carbocycles. The second kappa shape index (κ2) is 1.23. The number of hydrogen-bond acceptors (Lipinski definition) is 3. The van der Waals surface area contributed by atoms with Gasteiger partial charge in [-0.1, -0.05) is 0 Å². The van der Waals surface area contributed by atoms with Gasteiger partial charge < -0.3 is 14.9 Å². The average molecular weight is 118 g/mol. The van der Waals surface area contributed by atoms with Crippen molar-refractivity contribution in [3.8, 4) is 0 Å². The van der Waals surface area contributed by atoms with Crippen LogP contribution in [0.15, 0.2) is 0 Å². The summed E-state index contributed by atoms with van der Waals surface area (Å²) in [4.78, 5) is 0. The van der Waals surface area contributed by atoms with E-state index in [1.807, 2.05) is 0 Å². The lowest BCUT2D eigenvalue weighted by molar-refractivity contribution is -0.149. The third kappa shape index (κ3) is 0.555. The fourth-order valence-electron chi connectivity index (χ4n) is 0.714. The lowest BCUT2D eigenvalue weighted by Gasteiger charge is -2.08. The van der Waals surface area contributed by atoms with Crippen LogP contribution in [0.3, 0.4) is 0 Å². The summed E-state index contributed by atoms with van der Waals surface area (Å²) in [6.07, 6.45) is 0.316. The van der Waals surface area contributed by atoms with Crippen molar-refractivity contribution in [2.75, 3.05) is 7.11 Å². The van der Waals surface area contributed by atoms with Crippen LogP contribution in [0.1, 0.15) is 13.3 Å². The molecule has 0 aromatic rings. The normalized spacial score (nSPS) is 54.0. The first-order valence-corrected chi connectivity index (χ1v) is 2.52. The van der Waals surface area contributed by atoms with Gasteiger partial charge in [-0.25, -0.2) is 0 Å². The molecule has 1 aliphatic rings. The van der Waals surface area contributed by atoms with Crippen LogP contribution >= 0.6 is 0 Å². The van der Waals surface area contributed by atoms with Gasteiger partial charge in [0.1, 0.15) is 5.60 Å². The van der Waals surface area contributed by atoms with Crippen molar-refractivity contribution in [3.63, 3.8) is 0 Å². The molecule has 2 atom stereocenters. The fraction of sp³-hybridized carbons (Fsp3) is 1.00. The topological polar surface area (TPSA) is 49.7 Å². The molecule has 0 aromatic carbocycles. The van der Waals surface area contributed by atoms with E-state index >= 15 is 0 Å². The Morgan fingerprint density at radius 1 is 1.50 bits per heavy atom. The van der Waals surface area contributed by atoms with Crippen molar-refractivity contribution in [2.45, 2.75) is 24.7 Å². The minimum Gasteiger partial charge on any atom is -0.384 e. The van der Waals surface area contributed by atoms with E-state index in [-0.39, 0.29) is 0 Å². The molecule has 0 amide bonds. The van der Waals surface area contributed by atoms with Crippen LogP contribution in [-0.4, -0.2) is 28.7 Å². The van der Waals surface area contributed by atoms with E-state index in [4.69, 9.17) is 10.2 Å². The summed E-state index contributed by atoms with van der Waals surface area (Å²) < 4.78 is 4.57. The number of rotatable bonds is 1. The molecule has 3 heteroatoms. The maximum Gasteiger partial charge on any atom is 0.197 e. The van der Waals surface area contributed by atoms with E-state index in [0.29, 0.717) is 6.42 Å². The molecule has 0 spiro atoms. The van der Waals surface area contributed by atoms with Crippen LogP contribution in [0.4, 0.5) is 0 Å². The predicted molar refractivity (Wildman–Crippen MR) is 27.2 cm³/mol. The zero-order valence-electron chi connectivity index (χ0n) is 5.01. The Bertz CT molecular complexity index is 110. The summed E-state index contributed by atoms with van der Waals surface area (Å²) in [6.45, 7) is 1.54. The molecule has 0 bridgehead atoms. The molecule has 8 heavy (non-hydrogen) atoms. The summed E-state index contributed by atoms with van der Waals surface area (Å²) >= 11 is 0. The van der Waals surface area contributed by atoms with Crippen molar-refractivity contribution >= 4 is 0 Å². The lowest BCUT2D eigenvalue weighted by atomic mass is 10.4. The highest BCUT2D eigenvalue weighted by Crippen LogP contribution is 2.47. The van der Waals surface area contributed by atoms with Gasteiger partial charge in [0.25, 0.3) is 0 Å². The van der Waals surface area contributed by atoms with E-state index in [1.54, 1.807) is 0 Å². The zero-order chi connectivity index (χ0) is 6.41. The number of methoxy groups -OCH3 is 1. The minimum atomic E-state index is -1.26. The minimum absolute atomic E-state index is 0.316. The SMILES string of the molecule is COC1(O)CC1(C)O. The lowest BCUT2D eigenvalue weighted by Crippen LogP contribution is -2.23. The van der Waals surface area contributed by atoms with Crippen molar-refractivity contribution in [1.29, 1.82) is 0 Å². The first-order chi connectivity index (χ1) is 3.52. The Hall–Kier alpha value is -0.120. The molecule has 0 saturated heterocycles. The van der Waals surface area contributed by atoms with Gasteiger partial charge in [0.15, 0.2) is 5.79 Å². The van der Waals surface area contributed by atoms with E-state index in [2.05, 4.69) is 4.74 Å². The summed E-state index contributed by atoms with van der Waals surface area (Å²) in [5, 5.41) is 18.0. The maximum atomic E-state index is 8.99. The molecule has 1 rings (SSSR count). The maximum absolute atomic E-state index is 8.99. The molecule has 1 fully saturated rings. The van der Waals surface area contributed by atoms with Gasteiger partial charge in [-0.05, 0) is 6.92 Å². The Labute approximate surface area is 47.9 Å². The molecule has 0 aromatic heterocycles. The van der Waals surface area contributed by atoms with Crippen LogP contribution < -0.4 is 0 Å². The summed E-state index contributed by atoms with van der Waals surface area (Å²) in [7, 11) is 1.38. The highest BCUT2D eigenvalue weighted by Gasteiger charge is 2.64. The van der Waals surface area contributed by atoms with Crippen LogP contribution in [0.5, 0.6) is 0 Å². The molecule has 2 N–H and O–H groups in total. The third-order valence-corrected chi connectivity index (χ3v) is 1.64. The van der Waals surface area contributed by atoms with Gasteiger partial charge in [0, 0.05) is 13.5 Å². The standard InChI is InChI=1S/C5H10O3/c1-4(6)3-5(4,7)8-2/h6-7H,3H2,1-2H3. The molecule has 3 nitrogen and oxygen atoms in total. The summed E-state index contributed by atoms with van der Waals surface area (Å²) in [5.74, 6) is -1.26. The van der Waals surface area contributed by atoms with Crippen molar-refractivity contribution in [3.05, 3.63) is 0 Å². The summed E-state index contributed by atoms with van der Waals surface area (Å²) in [5.41, 5.74) is -1.01. The number of hydrogen-bond donors (Lipinski definition) is 2. The zero-order valence-corrected chi connectivity index (χ0v) is 5.01. The van der Waals surface area contributed by atoms with Crippen molar-refractivity contribution in [1.82, 2.24) is 0 Å². The molecule has 0 radical (unpaired) electrons. The quantitative estimate of drug-likeness (QED) is 0.455. The average Bonchev–Trinajstić information content (AvgIpc) is 2.10. The molecular weight excluding hydrogens is 108 g/mol. The Morgan fingerprint density at radius 3 is 1.88 bits per heavy atom. The van der Waals surface area contributed by atoms with E-state index < -0.39 is 11.4 Å². The van der Waals surface area contributed by atoms with Gasteiger partial charge in [-0.3, -0.25) is 0 Å². The predicted octanol–water partition coefficient (Wildman–Crippen LogP) is -0.524.